The Labute approximate surface area is 160 Å². The van der Waals surface area contributed by atoms with Gasteiger partial charge >= 0.3 is 0 Å². The summed E-state index contributed by atoms with van der Waals surface area (Å²) in [6.45, 7) is 11.9. The van der Waals surface area contributed by atoms with E-state index in [1.165, 1.54) is 0 Å². The summed E-state index contributed by atoms with van der Waals surface area (Å²) in [7, 11) is 0. The predicted octanol–water partition coefficient (Wildman–Crippen LogP) is 2.41. The lowest BCUT2D eigenvalue weighted by Gasteiger charge is -2.35. The molecule has 0 unspecified atom stereocenters. The van der Waals surface area contributed by atoms with Crippen LogP contribution in [0, 0.1) is 6.92 Å². The van der Waals surface area contributed by atoms with Gasteiger partial charge in [-0.05, 0) is 52.0 Å². The number of aryl methyl sites for hydroxylation is 1. The van der Waals surface area contributed by atoms with Gasteiger partial charge in [-0.1, -0.05) is 0 Å². The number of anilines is 2. The minimum atomic E-state index is -0.188. The monoisotopic (exact) mass is 371 g/mol. The number of carbonyl (C=O) groups is 1. The summed E-state index contributed by atoms with van der Waals surface area (Å²) in [6.07, 6.45) is 0. The average molecular weight is 371 g/mol. The van der Waals surface area contributed by atoms with E-state index in [1.807, 2.05) is 29.8 Å². The molecule has 2 aromatic rings. The first-order valence-electron chi connectivity index (χ1n) is 9.36. The van der Waals surface area contributed by atoms with Crippen molar-refractivity contribution in [3.8, 4) is 5.75 Å². The van der Waals surface area contributed by atoms with Crippen molar-refractivity contribution in [3.05, 3.63) is 36.0 Å². The first-order valence-corrected chi connectivity index (χ1v) is 9.36. The molecule has 1 saturated heterocycles. The van der Waals surface area contributed by atoms with Gasteiger partial charge < -0.3 is 15.3 Å². The van der Waals surface area contributed by atoms with Crippen LogP contribution < -0.4 is 10.2 Å². The number of carbonyl (C=O) groups excluding carboxylic acids is 1. The Bertz CT molecular complexity index is 784. The van der Waals surface area contributed by atoms with Crippen LogP contribution in [0.1, 0.15) is 26.5 Å². The molecule has 0 bridgehead atoms. The molecule has 0 spiro atoms. The lowest BCUT2D eigenvalue weighted by atomic mass is 10.1. The summed E-state index contributed by atoms with van der Waals surface area (Å²) < 4.78 is 1.86. The van der Waals surface area contributed by atoms with Crippen LogP contribution in [0.15, 0.2) is 30.3 Å². The third kappa shape index (κ3) is 4.80. The number of phenolic OH excluding ortho intramolecular Hbond substituents is 1. The highest BCUT2D eigenvalue weighted by molar-refractivity contribution is 5.91. The van der Waals surface area contributed by atoms with E-state index >= 15 is 0 Å². The Morgan fingerprint density at radius 3 is 2.37 bits per heavy atom. The average Bonchev–Trinajstić information content (AvgIpc) is 2.97. The minimum Gasteiger partial charge on any atom is -0.508 e. The van der Waals surface area contributed by atoms with Gasteiger partial charge in [-0.15, -0.1) is 0 Å². The first-order chi connectivity index (χ1) is 12.7. The number of phenols is 1. The predicted molar refractivity (Wildman–Crippen MR) is 107 cm³/mol. The quantitative estimate of drug-likeness (QED) is 0.863. The molecule has 2 heterocycles. The van der Waals surface area contributed by atoms with Crippen LogP contribution in [0.5, 0.6) is 5.75 Å². The number of amides is 1. The van der Waals surface area contributed by atoms with E-state index in [0.29, 0.717) is 6.54 Å². The van der Waals surface area contributed by atoms with Crippen LogP contribution in [0.25, 0.3) is 0 Å². The zero-order valence-electron chi connectivity index (χ0n) is 16.6. The molecule has 0 atom stereocenters. The van der Waals surface area contributed by atoms with Gasteiger partial charge in [-0.2, -0.15) is 5.10 Å². The summed E-state index contributed by atoms with van der Waals surface area (Å²) in [5.74, 6) is 1.00. The summed E-state index contributed by atoms with van der Waals surface area (Å²) in [5, 5.41) is 16.9. The highest BCUT2D eigenvalue weighted by atomic mass is 16.3. The van der Waals surface area contributed by atoms with Gasteiger partial charge in [0.15, 0.2) is 0 Å². The Balaban J connectivity index is 1.54. The van der Waals surface area contributed by atoms with Crippen molar-refractivity contribution in [3.63, 3.8) is 0 Å². The van der Waals surface area contributed by atoms with Crippen molar-refractivity contribution in [2.45, 2.75) is 33.2 Å². The van der Waals surface area contributed by atoms with Gasteiger partial charge in [-0.3, -0.25) is 9.69 Å². The molecular formula is C20H29N5O2. The molecule has 0 radical (unpaired) electrons. The summed E-state index contributed by atoms with van der Waals surface area (Å²) in [4.78, 5) is 17.0. The second-order valence-electron chi connectivity index (χ2n) is 8.08. The first kappa shape index (κ1) is 19.2. The Morgan fingerprint density at radius 2 is 1.78 bits per heavy atom. The maximum absolute atomic E-state index is 12.5. The number of piperazine rings is 1. The van der Waals surface area contributed by atoms with Crippen LogP contribution in [0.4, 0.5) is 11.5 Å². The Morgan fingerprint density at radius 1 is 1.15 bits per heavy atom. The highest BCUT2D eigenvalue weighted by Gasteiger charge is 2.22. The third-order valence-corrected chi connectivity index (χ3v) is 4.69. The molecule has 7 nitrogen and oxygen atoms in total. The van der Waals surface area contributed by atoms with Crippen molar-refractivity contribution in [1.29, 1.82) is 0 Å². The maximum atomic E-state index is 12.5. The fraction of sp³-hybridized carbons (Fsp3) is 0.500. The van der Waals surface area contributed by atoms with Crippen molar-refractivity contribution in [2.75, 3.05) is 42.9 Å². The molecule has 0 saturated carbocycles. The normalized spacial score (nSPS) is 15.8. The second-order valence-corrected chi connectivity index (χ2v) is 8.08. The molecule has 1 amide bonds. The molecular weight excluding hydrogens is 342 g/mol. The highest BCUT2D eigenvalue weighted by Crippen LogP contribution is 2.22. The molecule has 1 aromatic heterocycles. The van der Waals surface area contributed by atoms with E-state index < -0.39 is 0 Å². The number of nitrogens with zero attached hydrogens (tertiary/aromatic N) is 4. The van der Waals surface area contributed by atoms with Gasteiger partial charge in [0.1, 0.15) is 11.6 Å². The fourth-order valence-corrected chi connectivity index (χ4v) is 3.31. The smallest absolute Gasteiger partial charge is 0.239 e. The molecule has 1 aromatic carbocycles. The largest absolute Gasteiger partial charge is 0.508 e. The van der Waals surface area contributed by atoms with Crippen LogP contribution >= 0.6 is 0 Å². The van der Waals surface area contributed by atoms with Crippen molar-refractivity contribution in [2.24, 2.45) is 0 Å². The van der Waals surface area contributed by atoms with Gasteiger partial charge in [0.25, 0.3) is 0 Å². The van der Waals surface area contributed by atoms with Crippen LogP contribution in [0.3, 0.4) is 0 Å². The number of rotatable bonds is 4. The Kier molecular flexibility index (Phi) is 5.41. The summed E-state index contributed by atoms with van der Waals surface area (Å²) >= 11 is 0. The van der Waals surface area contributed by atoms with Crippen molar-refractivity contribution >= 4 is 17.4 Å². The van der Waals surface area contributed by atoms with Gasteiger partial charge in [0, 0.05) is 37.9 Å². The van der Waals surface area contributed by atoms with E-state index in [-0.39, 0.29) is 17.2 Å². The number of hydrogen-bond acceptors (Lipinski definition) is 5. The van der Waals surface area contributed by atoms with Gasteiger partial charge in [0.2, 0.25) is 5.91 Å². The number of aromatic nitrogens is 2. The fourth-order valence-electron chi connectivity index (χ4n) is 3.31. The molecule has 0 aliphatic carbocycles. The molecule has 3 rings (SSSR count). The van der Waals surface area contributed by atoms with Crippen LogP contribution in [-0.2, 0) is 10.3 Å². The van der Waals surface area contributed by atoms with E-state index in [2.05, 4.69) is 41.0 Å². The van der Waals surface area contributed by atoms with E-state index in [1.54, 1.807) is 12.1 Å². The topological polar surface area (TPSA) is 73.6 Å². The molecule has 27 heavy (non-hydrogen) atoms. The molecule has 2 N–H and O–H groups in total. The summed E-state index contributed by atoms with van der Waals surface area (Å²) in [6, 6.07) is 9.16. The number of nitrogens with one attached hydrogen (secondary N) is 1. The van der Waals surface area contributed by atoms with E-state index in [9.17, 15) is 9.90 Å². The molecule has 1 aliphatic heterocycles. The number of hydrogen-bond donors (Lipinski definition) is 2. The van der Waals surface area contributed by atoms with Crippen LogP contribution in [-0.4, -0.2) is 58.4 Å². The Hall–Kier alpha value is -2.54. The van der Waals surface area contributed by atoms with E-state index in [0.717, 1.165) is 43.4 Å². The molecule has 1 aliphatic rings. The zero-order chi connectivity index (χ0) is 19.6. The lowest BCUT2D eigenvalue weighted by molar-refractivity contribution is -0.117. The van der Waals surface area contributed by atoms with E-state index in [4.69, 9.17) is 0 Å². The number of aromatic hydroxyl groups is 1. The molecule has 7 heteroatoms. The maximum Gasteiger partial charge on any atom is 0.239 e. The summed E-state index contributed by atoms with van der Waals surface area (Å²) in [5.41, 5.74) is 1.80. The van der Waals surface area contributed by atoms with Crippen molar-refractivity contribution < 1.29 is 9.90 Å². The SMILES string of the molecule is Cc1cc(NC(=O)CN2CCN(c3ccc(O)cc3)CC2)n(C(C)(C)C)n1. The minimum absolute atomic E-state index is 0.0153. The van der Waals surface area contributed by atoms with Gasteiger partial charge in [0.05, 0.1) is 17.8 Å². The van der Waals surface area contributed by atoms with Crippen molar-refractivity contribution in [1.82, 2.24) is 14.7 Å². The standard InChI is InChI=1S/C20H29N5O2/c1-15-13-18(25(22-15)20(2,3)4)21-19(27)14-23-9-11-24(12-10-23)16-5-7-17(26)8-6-16/h5-8,13,26H,9-12,14H2,1-4H3,(H,21,27). The number of benzene rings is 1. The zero-order valence-corrected chi connectivity index (χ0v) is 16.6. The third-order valence-electron chi connectivity index (χ3n) is 4.69. The molecule has 146 valence electrons. The lowest BCUT2D eigenvalue weighted by Crippen LogP contribution is -2.48. The second kappa shape index (κ2) is 7.60. The molecule has 1 fully saturated rings. The van der Waals surface area contributed by atoms with Crippen LogP contribution in [0.2, 0.25) is 0 Å². The van der Waals surface area contributed by atoms with Gasteiger partial charge in [-0.25, -0.2) is 4.68 Å².